The Morgan fingerprint density at radius 1 is 0.957 bits per heavy atom. The maximum Gasteiger partial charge on any atom is 0.305 e. The Morgan fingerprint density at radius 3 is 2.35 bits per heavy atom. The van der Waals surface area contributed by atoms with Crippen molar-refractivity contribution < 1.29 is 57.5 Å². The molecule has 0 spiro atoms. The van der Waals surface area contributed by atoms with Crippen LogP contribution in [0.2, 0.25) is 0 Å². The number of nitrogens with one attached hydrogen (secondary N) is 2. The Bertz CT molecular complexity index is 2470. The van der Waals surface area contributed by atoms with E-state index >= 15 is 8.78 Å². The van der Waals surface area contributed by atoms with Gasteiger partial charge in [0.05, 0.1) is 17.8 Å². The fraction of sp³-hybridized carbons (Fsp3) is 0.491. The van der Waals surface area contributed by atoms with Gasteiger partial charge in [-0.1, -0.05) is 69.6 Å². The molecule has 12 nitrogen and oxygen atoms in total. The highest BCUT2D eigenvalue weighted by Gasteiger charge is 2.76. The van der Waals surface area contributed by atoms with Gasteiger partial charge in [0.25, 0.3) is 5.91 Å². The molecule has 69 heavy (non-hydrogen) atoms. The van der Waals surface area contributed by atoms with Crippen LogP contribution < -0.4 is 10.6 Å². The average Bonchev–Trinajstić information content (AvgIpc) is 3.60. The first-order valence-corrected chi connectivity index (χ1v) is 25.5. The van der Waals surface area contributed by atoms with E-state index in [4.69, 9.17) is 9.47 Å². The lowest BCUT2D eigenvalue weighted by Gasteiger charge is -2.63. The number of aliphatic carboxylic acids is 1. The number of thioether (sulfide) groups is 1. The minimum atomic E-state index is -2.34. The number of carbonyl (C=O) groups is 5. The molecule has 3 saturated carbocycles. The van der Waals surface area contributed by atoms with Gasteiger partial charge >= 0.3 is 5.97 Å². The molecule has 4 aliphatic carbocycles. The fourth-order valence-electron chi connectivity index (χ4n) is 11.4. The summed E-state index contributed by atoms with van der Waals surface area (Å²) >= 11 is 2.78. The van der Waals surface area contributed by atoms with Gasteiger partial charge in [-0.25, -0.2) is 8.78 Å². The van der Waals surface area contributed by atoms with Crippen molar-refractivity contribution in [3.8, 4) is 0 Å². The van der Waals surface area contributed by atoms with Crippen LogP contribution in [0.4, 0.5) is 20.2 Å². The van der Waals surface area contributed by atoms with Crippen molar-refractivity contribution in [1.29, 1.82) is 0 Å². The SMILES string of the molecule is CCCCC(C)SC(CC(=O)O)C(=O)Nc1ccc(C(=O)Nc2cccc(Sc3ccc([C@H](OCC)O[C@]4(C(=O)CO)CCC5[C@@H]6C[C@H](F)C7=CC(=O)C=C[C@]7(C)[C@@]6(F)[C@@H](O)C[C@@]54C)cc3)c2)cc1. The van der Waals surface area contributed by atoms with Crippen LogP contribution in [0.1, 0.15) is 108 Å². The van der Waals surface area contributed by atoms with Crippen LogP contribution in [0.5, 0.6) is 0 Å². The maximum absolute atomic E-state index is 17.8. The Morgan fingerprint density at radius 2 is 1.68 bits per heavy atom. The number of hydrogen-bond acceptors (Lipinski definition) is 11. The monoisotopic (exact) mass is 988 g/mol. The number of hydrogen-bond donors (Lipinski definition) is 5. The lowest BCUT2D eigenvalue weighted by atomic mass is 9.44. The van der Waals surface area contributed by atoms with Crippen LogP contribution in [-0.4, -0.2) is 91.9 Å². The number of fused-ring (bicyclic) bond motifs is 5. The topological polar surface area (TPSA) is 189 Å². The molecule has 3 aromatic carbocycles. The zero-order valence-corrected chi connectivity index (χ0v) is 41.2. The molecule has 3 unspecified atom stereocenters. The summed E-state index contributed by atoms with van der Waals surface area (Å²) in [7, 11) is 0. The highest BCUT2D eigenvalue weighted by molar-refractivity contribution is 8.01. The molecule has 16 heteroatoms. The van der Waals surface area contributed by atoms with Gasteiger partial charge in [0.15, 0.2) is 23.5 Å². The number of benzene rings is 3. The maximum atomic E-state index is 17.8. The number of carbonyl (C=O) groups excluding carboxylic acids is 4. The normalized spacial score (nSPS) is 29.4. The number of amides is 2. The van der Waals surface area contributed by atoms with E-state index in [1.165, 1.54) is 42.6 Å². The second-order valence-electron chi connectivity index (χ2n) is 19.1. The lowest BCUT2D eigenvalue weighted by Crippen LogP contribution is -2.70. The first-order chi connectivity index (χ1) is 32.8. The van der Waals surface area contributed by atoms with Crippen molar-refractivity contribution in [3.05, 3.63) is 108 Å². The molecule has 0 aliphatic heterocycles. The van der Waals surface area contributed by atoms with Gasteiger partial charge in [0, 0.05) is 60.9 Å². The summed E-state index contributed by atoms with van der Waals surface area (Å²) < 4.78 is 46.8. The van der Waals surface area contributed by atoms with Gasteiger partial charge in [0.2, 0.25) is 5.91 Å². The number of anilines is 2. The van der Waals surface area contributed by atoms with Crippen molar-refractivity contribution in [2.75, 3.05) is 23.8 Å². The highest BCUT2D eigenvalue weighted by Crippen LogP contribution is 2.71. The van der Waals surface area contributed by atoms with Gasteiger partial charge in [-0.05, 0) is 124 Å². The molecule has 3 aromatic rings. The second kappa shape index (κ2) is 21.3. The summed E-state index contributed by atoms with van der Waals surface area (Å²) in [4.78, 5) is 65.9. The van der Waals surface area contributed by atoms with Crippen LogP contribution in [0.25, 0.3) is 0 Å². The van der Waals surface area contributed by atoms with Crippen LogP contribution in [0.15, 0.2) is 106 Å². The van der Waals surface area contributed by atoms with E-state index in [0.29, 0.717) is 22.5 Å². The number of carboxylic acid groups (broad SMARTS) is 1. The van der Waals surface area contributed by atoms with Gasteiger partial charge in [-0.2, -0.15) is 0 Å². The molecule has 5 N–H and O–H groups in total. The average molecular weight is 989 g/mol. The van der Waals surface area contributed by atoms with Gasteiger partial charge in [0.1, 0.15) is 18.4 Å². The zero-order chi connectivity index (χ0) is 49.9. The number of aliphatic hydroxyl groups excluding tert-OH is 2. The standard InChI is InChI=1S/C53H62F2N2O10S2/c1-6-8-10-31(3)68-43(28-46(62)63)48(65)56-34-17-13-32(14-18-34)47(64)57-35-11-9-12-38(25-35)69-37-19-15-33(16-20-37)49(66-7-2)67-52(45(61)30-58)24-22-39-40-27-42(54)41-26-36(59)21-23-50(41,4)53(40,55)44(60)29-51(39,52)5/h9,11-21,23,25-26,31,39-40,42-44,49,58,60H,6-8,10,22,24,27-30H2,1-5H3,(H,56,65)(H,57,64)(H,62,63)/t31?,39?,40-,42-,43?,44-,49+,50-,51-,52-,53-/m0/s1. The lowest BCUT2D eigenvalue weighted by molar-refractivity contribution is -0.268. The number of carboxylic acids is 1. The molecule has 11 atom stereocenters. The molecule has 4 aliphatic rings. The number of allylic oxidation sites excluding steroid dienone is 4. The number of ether oxygens (including phenoxy) is 2. The number of rotatable bonds is 20. The highest BCUT2D eigenvalue weighted by atomic mass is 32.2. The summed E-state index contributed by atoms with van der Waals surface area (Å²) in [5.74, 6) is -4.55. The van der Waals surface area contributed by atoms with Crippen LogP contribution in [0.3, 0.4) is 0 Å². The molecule has 0 radical (unpaired) electrons. The summed E-state index contributed by atoms with van der Waals surface area (Å²) in [6.45, 7) is 8.45. The van der Waals surface area contributed by atoms with Crippen molar-refractivity contribution in [2.45, 2.75) is 136 Å². The summed E-state index contributed by atoms with van der Waals surface area (Å²) in [6, 6.07) is 21.0. The Labute approximate surface area is 410 Å². The third kappa shape index (κ3) is 10.3. The van der Waals surface area contributed by atoms with Crippen molar-refractivity contribution in [3.63, 3.8) is 0 Å². The van der Waals surface area contributed by atoms with E-state index in [1.807, 2.05) is 37.3 Å². The van der Waals surface area contributed by atoms with E-state index < -0.39 is 87.8 Å². The summed E-state index contributed by atoms with van der Waals surface area (Å²) in [6.07, 6.45) is 1.78. The smallest absolute Gasteiger partial charge is 0.305 e. The molecular formula is C53H62F2N2O10S2. The molecule has 0 heterocycles. The Hall–Kier alpha value is -4.71. The molecule has 7 rings (SSSR count). The van der Waals surface area contributed by atoms with E-state index in [0.717, 1.165) is 35.1 Å². The molecular weight excluding hydrogens is 927 g/mol. The van der Waals surface area contributed by atoms with E-state index in [2.05, 4.69) is 17.6 Å². The van der Waals surface area contributed by atoms with Gasteiger partial charge < -0.3 is 35.4 Å². The number of ketones is 2. The van der Waals surface area contributed by atoms with E-state index in [1.54, 1.807) is 56.3 Å². The van der Waals surface area contributed by atoms with E-state index in [-0.39, 0.29) is 55.4 Å². The number of Topliss-reactive ketones (excluding diaryl/α,β-unsaturated/α-hetero) is 1. The molecule has 3 fully saturated rings. The predicted octanol–water partition coefficient (Wildman–Crippen LogP) is 9.85. The minimum absolute atomic E-state index is 0.0119. The van der Waals surface area contributed by atoms with Crippen molar-refractivity contribution in [1.82, 2.24) is 0 Å². The summed E-state index contributed by atoms with van der Waals surface area (Å²) in [5, 5.41) is 36.8. The second-order valence-corrected chi connectivity index (χ2v) is 21.9. The largest absolute Gasteiger partial charge is 0.481 e. The molecule has 0 aromatic heterocycles. The molecule has 0 bridgehead atoms. The summed E-state index contributed by atoms with van der Waals surface area (Å²) in [5.41, 5.74) is -4.96. The molecule has 0 saturated heterocycles. The number of halogens is 2. The zero-order valence-electron chi connectivity index (χ0n) is 39.5. The molecule has 2 amide bonds. The van der Waals surface area contributed by atoms with Gasteiger partial charge in [-0.15, -0.1) is 11.8 Å². The predicted molar refractivity (Wildman–Crippen MR) is 262 cm³/mol. The Balaban J connectivity index is 1.02. The fourth-order valence-corrected chi connectivity index (χ4v) is 13.5. The van der Waals surface area contributed by atoms with Crippen LogP contribution in [0, 0.1) is 22.7 Å². The van der Waals surface area contributed by atoms with Crippen LogP contribution in [-0.2, 0) is 28.7 Å². The van der Waals surface area contributed by atoms with Crippen molar-refractivity contribution >= 4 is 64.2 Å². The van der Waals surface area contributed by atoms with Crippen LogP contribution >= 0.6 is 23.5 Å². The minimum Gasteiger partial charge on any atom is -0.481 e. The third-order valence-electron chi connectivity index (χ3n) is 14.9. The number of aliphatic hydroxyl groups is 2. The Kier molecular flexibility index (Phi) is 16.1. The number of alkyl halides is 2. The number of unbranched alkanes of at least 4 members (excludes halogenated alkanes) is 1. The van der Waals surface area contributed by atoms with Gasteiger partial charge in [-0.3, -0.25) is 24.0 Å². The third-order valence-corrected chi connectivity index (χ3v) is 17.3. The first-order valence-electron chi connectivity index (χ1n) is 23.7. The van der Waals surface area contributed by atoms with E-state index in [9.17, 15) is 39.3 Å². The first kappa shape index (κ1) is 52.1. The quantitative estimate of drug-likeness (QED) is 0.0676. The van der Waals surface area contributed by atoms with Crippen molar-refractivity contribution in [2.24, 2.45) is 22.7 Å². The molecule has 370 valence electrons.